The predicted octanol–water partition coefficient (Wildman–Crippen LogP) is 1.74. The van der Waals surface area contributed by atoms with E-state index in [0.29, 0.717) is 29.3 Å². The molecule has 21 heavy (non-hydrogen) atoms. The van der Waals surface area contributed by atoms with Gasteiger partial charge in [-0.3, -0.25) is 14.9 Å². The number of rotatable bonds is 1. The van der Waals surface area contributed by atoms with Crippen molar-refractivity contribution < 1.29 is 9.59 Å². The lowest BCUT2D eigenvalue weighted by Gasteiger charge is -2.29. The quantitative estimate of drug-likeness (QED) is 0.795. The Balaban J connectivity index is 1.97. The van der Waals surface area contributed by atoms with E-state index < -0.39 is 11.8 Å². The molecule has 2 heterocycles. The molecule has 1 aromatic heterocycles. The minimum Gasteiger partial charge on any atom is -0.333 e. The van der Waals surface area contributed by atoms with Gasteiger partial charge in [0.2, 0.25) is 5.13 Å². The Morgan fingerprint density at radius 2 is 2.10 bits per heavy atom. The smallest absolute Gasteiger partial charge is 0.315 e. The first-order chi connectivity index (χ1) is 9.77. The monoisotopic (exact) mass is 328 g/mol. The van der Waals surface area contributed by atoms with Gasteiger partial charge in [-0.1, -0.05) is 27.7 Å². The molecule has 1 N–H and O–H groups in total. The average Bonchev–Trinajstić information content (AvgIpc) is 2.86. The van der Waals surface area contributed by atoms with Crippen molar-refractivity contribution in [2.45, 2.75) is 38.4 Å². The normalized spacial score (nSPS) is 19.4. The van der Waals surface area contributed by atoms with Crippen LogP contribution in [-0.4, -0.2) is 50.2 Å². The summed E-state index contributed by atoms with van der Waals surface area (Å²) in [7, 11) is 0. The van der Waals surface area contributed by atoms with E-state index in [9.17, 15) is 9.59 Å². The van der Waals surface area contributed by atoms with E-state index in [1.807, 2.05) is 32.5 Å². The van der Waals surface area contributed by atoms with Crippen LogP contribution < -0.4 is 5.32 Å². The SMILES string of the molecule is CC1CN(C(=O)C(=O)Nc2nc(C(C)(C)C)ns2)CCS1. The second-order valence-corrected chi connectivity index (χ2v) is 8.36. The molecule has 0 aliphatic carbocycles. The molecule has 2 rings (SSSR count). The summed E-state index contributed by atoms with van der Waals surface area (Å²) in [5, 5.41) is 3.29. The second kappa shape index (κ2) is 6.31. The Morgan fingerprint density at radius 1 is 1.38 bits per heavy atom. The lowest BCUT2D eigenvalue weighted by atomic mass is 9.96. The highest BCUT2D eigenvalue weighted by Gasteiger charge is 2.27. The molecule has 1 unspecified atom stereocenters. The second-order valence-electron chi connectivity index (χ2n) is 6.06. The molecule has 0 aromatic carbocycles. The largest absolute Gasteiger partial charge is 0.333 e. The van der Waals surface area contributed by atoms with E-state index in [1.165, 1.54) is 0 Å². The van der Waals surface area contributed by atoms with Gasteiger partial charge in [-0.25, -0.2) is 4.98 Å². The molecule has 1 atom stereocenters. The maximum absolute atomic E-state index is 12.1. The van der Waals surface area contributed by atoms with Gasteiger partial charge in [0.1, 0.15) is 5.82 Å². The van der Waals surface area contributed by atoms with E-state index in [1.54, 1.807) is 4.90 Å². The van der Waals surface area contributed by atoms with E-state index in [0.717, 1.165) is 17.3 Å². The Labute approximate surface area is 132 Å². The highest BCUT2D eigenvalue weighted by molar-refractivity contribution is 7.99. The Hall–Kier alpha value is -1.15. The third-order valence-electron chi connectivity index (χ3n) is 3.04. The lowest BCUT2D eigenvalue weighted by Crippen LogP contribution is -2.46. The molecular weight excluding hydrogens is 308 g/mol. The average molecular weight is 328 g/mol. The van der Waals surface area contributed by atoms with Gasteiger partial charge in [-0.2, -0.15) is 16.1 Å². The van der Waals surface area contributed by atoms with Crippen LogP contribution in [0.25, 0.3) is 0 Å². The summed E-state index contributed by atoms with van der Waals surface area (Å²) >= 11 is 2.92. The summed E-state index contributed by atoms with van der Waals surface area (Å²) in [6.07, 6.45) is 0. The molecule has 1 aliphatic rings. The summed E-state index contributed by atoms with van der Waals surface area (Å²) < 4.78 is 4.21. The first-order valence-electron chi connectivity index (χ1n) is 6.83. The number of amides is 2. The maximum atomic E-state index is 12.1. The molecule has 6 nitrogen and oxygen atoms in total. The van der Waals surface area contributed by atoms with Crippen molar-refractivity contribution in [2.24, 2.45) is 0 Å². The fourth-order valence-electron chi connectivity index (χ4n) is 1.88. The van der Waals surface area contributed by atoms with E-state index >= 15 is 0 Å². The first kappa shape index (κ1) is 16.2. The third kappa shape index (κ3) is 4.16. The van der Waals surface area contributed by atoms with Crippen LogP contribution in [0.1, 0.15) is 33.5 Å². The van der Waals surface area contributed by atoms with Crippen molar-refractivity contribution >= 4 is 40.2 Å². The molecule has 8 heteroatoms. The minimum absolute atomic E-state index is 0.178. The Kier molecular flexibility index (Phi) is 4.88. The van der Waals surface area contributed by atoms with E-state index in [4.69, 9.17) is 0 Å². The van der Waals surface area contributed by atoms with Crippen LogP contribution in [0.2, 0.25) is 0 Å². The number of anilines is 1. The van der Waals surface area contributed by atoms with Crippen molar-refractivity contribution in [1.29, 1.82) is 0 Å². The summed E-state index contributed by atoms with van der Waals surface area (Å²) in [5.74, 6) is 0.409. The van der Waals surface area contributed by atoms with Gasteiger partial charge in [-0.05, 0) is 0 Å². The molecule has 1 saturated heterocycles. The molecule has 0 saturated carbocycles. The topological polar surface area (TPSA) is 75.2 Å². The maximum Gasteiger partial charge on any atom is 0.315 e. The van der Waals surface area contributed by atoms with Crippen LogP contribution in [-0.2, 0) is 15.0 Å². The van der Waals surface area contributed by atoms with Crippen LogP contribution in [0.4, 0.5) is 5.13 Å². The van der Waals surface area contributed by atoms with Gasteiger partial charge in [-0.15, -0.1) is 0 Å². The van der Waals surface area contributed by atoms with Gasteiger partial charge in [0.15, 0.2) is 0 Å². The van der Waals surface area contributed by atoms with Crippen LogP contribution in [0.3, 0.4) is 0 Å². The number of nitrogens with one attached hydrogen (secondary N) is 1. The van der Waals surface area contributed by atoms with Crippen molar-refractivity contribution in [1.82, 2.24) is 14.3 Å². The molecule has 0 radical (unpaired) electrons. The number of carbonyl (C=O) groups excluding carboxylic acids is 2. The van der Waals surface area contributed by atoms with Gasteiger partial charge in [0.25, 0.3) is 0 Å². The molecule has 116 valence electrons. The predicted molar refractivity (Wildman–Crippen MR) is 85.7 cm³/mol. The molecule has 1 aromatic rings. The molecule has 0 bridgehead atoms. The van der Waals surface area contributed by atoms with E-state index in [-0.39, 0.29) is 5.41 Å². The summed E-state index contributed by atoms with van der Waals surface area (Å²) in [6.45, 7) is 9.28. The Morgan fingerprint density at radius 3 is 2.67 bits per heavy atom. The van der Waals surface area contributed by atoms with Crippen LogP contribution >= 0.6 is 23.3 Å². The van der Waals surface area contributed by atoms with Crippen molar-refractivity contribution in [3.8, 4) is 0 Å². The van der Waals surface area contributed by atoms with Crippen LogP contribution in [0.5, 0.6) is 0 Å². The summed E-state index contributed by atoms with van der Waals surface area (Å²) in [4.78, 5) is 30.0. The number of carbonyl (C=O) groups is 2. The molecule has 0 spiro atoms. The van der Waals surface area contributed by atoms with Crippen LogP contribution in [0, 0.1) is 0 Å². The molecule has 1 aliphatic heterocycles. The highest BCUT2D eigenvalue weighted by Crippen LogP contribution is 2.23. The van der Waals surface area contributed by atoms with Crippen molar-refractivity contribution in [3.63, 3.8) is 0 Å². The first-order valence-corrected chi connectivity index (χ1v) is 8.65. The molecule has 2 amide bonds. The minimum atomic E-state index is -0.634. The Bertz CT molecular complexity index is 539. The van der Waals surface area contributed by atoms with Crippen molar-refractivity contribution in [3.05, 3.63) is 5.82 Å². The summed E-state index contributed by atoms with van der Waals surface area (Å²) in [6, 6.07) is 0. The fraction of sp³-hybridized carbons (Fsp3) is 0.692. The van der Waals surface area contributed by atoms with Gasteiger partial charge in [0.05, 0.1) is 0 Å². The van der Waals surface area contributed by atoms with Gasteiger partial charge < -0.3 is 4.90 Å². The standard InChI is InChI=1S/C13H20N4O2S2/c1-8-7-17(5-6-20-8)10(19)9(18)14-12-15-11(16-21-12)13(2,3)4/h8H,5-7H2,1-4H3,(H,14,15,16,18). The highest BCUT2D eigenvalue weighted by atomic mass is 32.2. The number of thioether (sulfide) groups is 1. The number of hydrogen-bond acceptors (Lipinski definition) is 6. The van der Waals surface area contributed by atoms with Gasteiger partial charge in [0, 0.05) is 41.0 Å². The number of aromatic nitrogens is 2. The zero-order valence-corrected chi connectivity index (χ0v) is 14.3. The molecule has 1 fully saturated rings. The fourth-order valence-corrected chi connectivity index (χ4v) is 3.64. The number of hydrogen-bond donors (Lipinski definition) is 1. The zero-order valence-electron chi connectivity index (χ0n) is 12.7. The van der Waals surface area contributed by atoms with E-state index in [2.05, 4.69) is 21.6 Å². The third-order valence-corrected chi connectivity index (χ3v) is 4.81. The summed E-state index contributed by atoms with van der Waals surface area (Å²) in [5.41, 5.74) is -0.178. The van der Waals surface area contributed by atoms with Crippen molar-refractivity contribution in [2.75, 3.05) is 24.2 Å². The van der Waals surface area contributed by atoms with Gasteiger partial charge >= 0.3 is 11.8 Å². The van der Waals surface area contributed by atoms with Crippen LogP contribution in [0.15, 0.2) is 0 Å². The zero-order chi connectivity index (χ0) is 15.6. The number of nitrogens with zero attached hydrogens (tertiary/aromatic N) is 3. The lowest BCUT2D eigenvalue weighted by molar-refractivity contribution is -0.143. The molecular formula is C13H20N4O2S2.